The summed E-state index contributed by atoms with van der Waals surface area (Å²) in [5.74, 6) is 0. The number of para-hydroxylation sites is 2. The van der Waals surface area contributed by atoms with Crippen molar-refractivity contribution in [3.8, 4) is 27.9 Å². The van der Waals surface area contributed by atoms with Gasteiger partial charge in [0, 0.05) is 53.7 Å². The fourth-order valence-corrected chi connectivity index (χ4v) is 9.39. The molecular weight excluding hydrogens is 685 g/mol. The lowest BCUT2D eigenvalue weighted by molar-refractivity contribution is 1.18. The van der Waals surface area contributed by atoms with Gasteiger partial charge in [0.2, 0.25) is 0 Å². The monoisotopic (exact) mass is 718 g/mol. The lowest BCUT2D eigenvalue weighted by Gasteiger charge is -2.26. The smallest absolute Gasteiger partial charge is 0.0555 e. The average Bonchev–Trinajstić information content (AvgIpc) is 3.78. The fourth-order valence-electron chi connectivity index (χ4n) is 8.27. The minimum Gasteiger partial charge on any atom is -0.311 e. The highest BCUT2D eigenvalue weighted by Gasteiger charge is 2.17. The Hall–Kier alpha value is -6.94. The van der Waals surface area contributed by atoms with Crippen LogP contribution in [0.5, 0.6) is 0 Å². The van der Waals surface area contributed by atoms with E-state index in [0.29, 0.717) is 0 Å². The van der Waals surface area contributed by atoms with E-state index in [1.165, 1.54) is 75.0 Å². The molecule has 2 aromatic heterocycles. The van der Waals surface area contributed by atoms with E-state index < -0.39 is 0 Å². The summed E-state index contributed by atoms with van der Waals surface area (Å²) in [6, 6.07) is 75.0. The minimum atomic E-state index is 1.11. The SMILES string of the molecule is c1ccc(N(c2ccc(-c3ccc(-n4c5ccccc5c5cc6c(cc54)sc4ccccc46)cc3)cc2)c2ccc(-c3ccc4ccccc4c3)cc2)cc1. The quantitative estimate of drug-likeness (QED) is 0.166. The second kappa shape index (κ2) is 12.9. The Morgan fingerprint density at radius 2 is 0.891 bits per heavy atom. The van der Waals surface area contributed by atoms with E-state index in [-0.39, 0.29) is 0 Å². The number of aromatic nitrogens is 1. The van der Waals surface area contributed by atoms with Crippen molar-refractivity contribution >= 4 is 81.1 Å². The molecule has 55 heavy (non-hydrogen) atoms. The third kappa shape index (κ3) is 5.40. The topological polar surface area (TPSA) is 8.17 Å². The van der Waals surface area contributed by atoms with Gasteiger partial charge in [-0.25, -0.2) is 0 Å². The molecule has 11 rings (SSSR count). The molecule has 0 bridgehead atoms. The summed E-state index contributed by atoms with van der Waals surface area (Å²) >= 11 is 1.87. The Balaban J connectivity index is 0.928. The van der Waals surface area contributed by atoms with Gasteiger partial charge >= 0.3 is 0 Å². The maximum atomic E-state index is 2.42. The number of hydrogen-bond donors (Lipinski definition) is 0. The van der Waals surface area contributed by atoms with Crippen molar-refractivity contribution in [2.24, 2.45) is 0 Å². The summed E-state index contributed by atoms with van der Waals surface area (Å²) in [5, 5.41) is 7.75. The lowest BCUT2D eigenvalue weighted by atomic mass is 10.0. The van der Waals surface area contributed by atoms with Crippen LogP contribution in [-0.4, -0.2) is 4.57 Å². The van der Waals surface area contributed by atoms with Crippen LogP contribution in [0.2, 0.25) is 0 Å². The fraction of sp³-hybridized carbons (Fsp3) is 0. The number of hydrogen-bond acceptors (Lipinski definition) is 2. The third-order valence-corrected chi connectivity index (χ3v) is 12.1. The van der Waals surface area contributed by atoms with Crippen molar-refractivity contribution in [2.45, 2.75) is 0 Å². The van der Waals surface area contributed by atoms with Gasteiger partial charge < -0.3 is 9.47 Å². The Bertz CT molecular complexity index is 3170. The first-order valence-electron chi connectivity index (χ1n) is 18.7. The molecule has 0 unspecified atom stereocenters. The number of benzene rings is 9. The number of rotatable bonds is 6. The molecule has 0 saturated carbocycles. The van der Waals surface area contributed by atoms with Crippen molar-refractivity contribution in [3.05, 3.63) is 206 Å². The van der Waals surface area contributed by atoms with Gasteiger partial charge in [-0.05, 0) is 112 Å². The summed E-state index contributed by atoms with van der Waals surface area (Å²) in [6.07, 6.45) is 0. The normalized spacial score (nSPS) is 11.6. The van der Waals surface area contributed by atoms with E-state index in [2.05, 4.69) is 216 Å². The van der Waals surface area contributed by atoms with Gasteiger partial charge in [0.15, 0.2) is 0 Å². The van der Waals surface area contributed by atoms with Crippen LogP contribution < -0.4 is 4.90 Å². The Kier molecular flexibility index (Phi) is 7.39. The standard InChI is InChI=1S/C52H34N2S/c1-2-12-41(13-3-1)53(43-28-24-38(25-29-43)40-19-18-35-10-4-5-11-39(35)32-40)42-26-20-36(21-27-42)37-22-30-44(31-23-37)54-49-16-8-6-14-45(49)47-33-48-46-15-7-9-17-51(46)55-52(48)34-50(47)54/h1-34H. The molecule has 0 aliphatic heterocycles. The number of nitrogens with zero attached hydrogens (tertiary/aromatic N) is 2. The van der Waals surface area contributed by atoms with Crippen molar-refractivity contribution < 1.29 is 0 Å². The second-order valence-corrected chi connectivity index (χ2v) is 15.3. The number of fused-ring (bicyclic) bond motifs is 7. The zero-order chi connectivity index (χ0) is 36.3. The van der Waals surface area contributed by atoms with Crippen LogP contribution in [0.15, 0.2) is 206 Å². The number of anilines is 3. The van der Waals surface area contributed by atoms with E-state index in [9.17, 15) is 0 Å². The summed E-state index contributed by atoms with van der Waals surface area (Å²) in [6.45, 7) is 0. The van der Waals surface area contributed by atoms with Gasteiger partial charge in [-0.1, -0.05) is 127 Å². The highest BCUT2D eigenvalue weighted by molar-refractivity contribution is 7.25. The van der Waals surface area contributed by atoms with Crippen LogP contribution in [0, 0.1) is 0 Å². The molecule has 258 valence electrons. The Labute approximate surface area is 323 Å². The summed E-state index contributed by atoms with van der Waals surface area (Å²) in [7, 11) is 0. The van der Waals surface area contributed by atoms with Crippen LogP contribution in [-0.2, 0) is 0 Å². The molecule has 0 amide bonds. The van der Waals surface area contributed by atoms with Gasteiger partial charge in [0.25, 0.3) is 0 Å². The van der Waals surface area contributed by atoms with Gasteiger partial charge in [0.1, 0.15) is 0 Å². The van der Waals surface area contributed by atoms with Gasteiger partial charge in [-0.3, -0.25) is 0 Å². The predicted molar refractivity (Wildman–Crippen MR) is 237 cm³/mol. The molecule has 0 aliphatic rings. The van der Waals surface area contributed by atoms with E-state index in [0.717, 1.165) is 22.7 Å². The van der Waals surface area contributed by atoms with Crippen molar-refractivity contribution in [1.29, 1.82) is 0 Å². The maximum Gasteiger partial charge on any atom is 0.0555 e. The molecule has 11 aromatic rings. The Morgan fingerprint density at radius 3 is 1.64 bits per heavy atom. The molecule has 0 spiro atoms. The van der Waals surface area contributed by atoms with Crippen LogP contribution in [0.3, 0.4) is 0 Å². The van der Waals surface area contributed by atoms with E-state index in [4.69, 9.17) is 0 Å². The highest BCUT2D eigenvalue weighted by atomic mass is 32.1. The molecule has 2 nitrogen and oxygen atoms in total. The maximum absolute atomic E-state index is 2.42. The van der Waals surface area contributed by atoms with Crippen LogP contribution in [0.4, 0.5) is 17.1 Å². The van der Waals surface area contributed by atoms with E-state index >= 15 is 0 Å². The zero-order valence-electron chi connectivity index (χ0n) is 29.9. The first kappa shape index (κ1) is 31.6. The summed E-state index contributed by atoms with van der Waals surface area (Å²) in [5.41, 5.74) is 11.8. The predicted octanol–water partition coefficient (Wildman–Crippen LogP) is 15.1. The zero-order valence-corrected chi connectivity index (χ0v) is 30.7. The third-order valence-electron chi connectivity index (χ3n) is 11.0. The highest BCUT2D eigenvalue weighted by Crippen LogP contribution is 2.41. The molecule has 0 saturated heterocycles. The van der Waals surface area contributed by atoms with E-state index in [1.54, 1.807) is 0 Å². The molecule has 9 aromatic carbocycles. The molecule has 0 radical (unpaired) electrons. The second-order valence-electron chi connectivity index (χ2n) is 14.2. The summed E-state index contributed by atoms with van der Waals surface area (Å²) < 4.78 is 5.07. The van der Waals surface area contributed by atoms with Crippen molar-refractivity contribution in [3.63, 3.8) is 0 Å². The van der Waals surface area contributed by atoms with Gasteiger partial charge in [-0.15, -0.1) is 11.3 Å². The summed E-state index contributed by atoms with van der Waals surface area (Å²) in [4.78, 5) is 2.33. The first-order valence-corrected chi connectivity index (χ1v) is 19.6. The molecule has 0 aliphatic carbocycles. The number of thiophene rings is 1. The molecule has 0 atom stereocenters. The van der Waals surface area contributed by atoms with Crippen LogP contribution in [0.25, 0.3) is 80.7 Å². The lowest BCUT2D eigenvalue weighted by Crippen LogP contribution is -2.09. The van der Waals surface area contributed by atoms with Crippen molar-refractivity contribution in [2.75, 3.05) is 4.90 Å². The molecule has 0 N–H and O–H groups in total. The van der Waals surface area contributed by atoms with Crippen LogP contribution >= 0.6 is 11.3 Å². The van der Waals surface area contributed by atoms with Crippen molar-refractivity contribution in [1.82, 2.24) is 4.57 Å². The van der Waals surface area contributed by atoms with Gasteiger partial charge in [0.05, 0.1) is 11.0 Å². The molecule has 3 heteroatoms. The van der Waals surface area contributed by atoms with E-state index in [1.807, 2.05) is 11.3 Å². The first-order chi connectivity index (χ1) is 27.2. The molecule has 0 fully saturated rings. The molecule has 2 heterocycles. The minimum absolute atomic E-state index is 1.11. The largest absolute Gasteiger partial charge is 0.311 e. The Morgan fingerprint density at radius 1 is 0.327 bits per heavy atom. The van der Waals surface area contributed by atoms with Crippen LogP contribution in [0.1, 0.15) is 0 Å². The van der Waals surface area contributed by atoms with Gasteiger partial charge in [-0.2, -0.15) is 0 Å². The average molecular weight is 719 g/mol. The molecular formula is C52H34N2S.